The fourth-order valence-corrected chi connectivity index (χ4v) is 4.62. The number of methoxy groups -OCH3 is 1. The summed E-state index contributed by atoms with van der Waals surface area (Å²) in [5.74, 6) is 0.343. The highest BCUT2D eigenvalue weighted by Crippen LogP contribution is 2.29. The lowest BCUT2D eigenvalue weighted by Gasteiger charge is -2.39. The largest absolute Gasteiger partial charge is 0.497 e. The topological polar surface area (TPSA) is 63.0 Å². The highest BCUT2D eigenvalue weighted by Gasteiger charge is 2.29. The lowest BCUT2D eigenvalue weighted by atomic mass is 9.96. The van der Waals surface area contributed by atoms with Gasteiger partial charge in [0.15, 0.2) is 0 Å². The van der Waals surface area contributed by atoms with Gasteiger partial charge in [0, 0.05) is 31.6 Å². The summed E-state index contributed by atoms with van der Waals surface area (Å²) in [6, 6.07) is 27.7. The predicted octanol–water partition coefficient (Wildman–Crippen LogP) is 4.35. The van der Waals surface area contributed by atoms with E-state index in [0.717, 1.165) is 0 Å². The summed E-state index contributed by atoms with van der Waals surface area (Å²) in [5.41, 5.74) is 2.31. The molecule has 1 amide bonds. The predicted molar refractivity (Wildman–Crippen MR) is 131 cm³/mol. The molecule has 5 rings (SSSR count). The molecule has 0 radical (unpaired) electrons. The first-order chi connectivity index (χ1) is 16.6. The van der Waals surface area contributed by atoms with E-state index in [0.29, 0.717) is 42.9 Å². The summed E-state index contributed by atoms with van der Waals surface area (Å²) < 4.78 is 10.7. The summed E-state index contributed by atoms with van der Waals surface area (Å²) in [7, 11) is 1.57. The van der Waals surface area contributed by atoms with Gasteiger partial charge in [0.1, 0.15) is 16.9 Å². The van der Waals surface area contributed by atoms with Crippen molar-refractivity contribution < 1.29 is 13.9 Å². The molecule has 6 nitrogen and oxygen atoms in total. The van der Waals surface area contributed by atoms with Gasteiger partial charge >= 0.3 is 5.63 Å². The molecular weight excluding hydrogens is 428 g/mol. The van der Waals surface area contributed by atoms with Crippen LogP contribution in [0.4, 0.5) is 0 Å². The van der Waals surface area contributed by atoms with Crippen LogP contribution >= 0.6 is 0 Å². The van der Waals surface area contributed by atoms with E-state index in [-0.39, 0.29) is 17.5 Å². The molecule has 0 atom stereocenters. The first-order valence-corrected chi connectivity index (χ1v) is 11.4. The Morgan fingerprint density at radius 2 is 1.47 bits per heavy atom. The van der Waals surface area contributed by atoms with Crippen LogP contribution in [-0.2, 0) is 0 Å². The molecule has 0 spiro atoms. The lowest BCUT2D eigenvalue weighted by molar-refractivity contribution is 0.0593. The highest BCUT2D eigenvalue weighted by atomic mass is 16.5. The van der Waals surface area contributed by atoms with Crippen molar-refractivity contribution in [2.24, 2.45) is 0 Å². The third kappa shape index (κ3) is 4.32. The van der Waals surface area contributed by atoms with Crippen LogP contribution in [0.15, 0.2) is 94.1 Å². The van der Waals surface area contributed by atoms with Gasteiger partial charge in [-0.15, -0.1) is 0 Å². The molecule has 3 aromatic carbocycles. The van der Waals surface area contributed by atoms with Gasteiger partial charge in [-0.05, 0) is 35.4 Å². The Morgan fingerprint density at radius 3 is 2.06 bits per heavy atom. The molecular formula is C28H26N2O4. The van der Waals surface area contributed by atoms with Crippen LogP contribution in [0.1, 0.15) is 27.5 Å². The summed E-state index contributed by atoms with van der Waals surface area (Å²) in [6.45, 7) is 2.47. The van der Waals surface area contributed by atoms with Gasteiger partial charge in [-0.2, -0.15) is 0 Å². The number of carbonyl (C=O) groups is 1. The van der Waals surface area contributed by atoms with Gasteiger partial charge in [0.05, 0.1) is 13.2 Å². The van der Waals surface area contributed by atoms with E-state index in [1.54, 1.807) is 36.3 Å². The Morgan fingerprint density at radius 1 is 0.853 bits per heavy atom. The standard InChI is InChI=1S/C28H26N2O4/c1-33-23-12-13-25-22(18-23)19-24(28(32)34-25)27(31)30-16-14-29(15-17-30)26(20-8-4-2-5-9-20)21-10-6-3-7-11-21/h2-13,18-19,26H,14-17H2,1H3. The van der Waals surface area contributed by atoms with E-state index >= 15 is 0 Å². The number of ether oxygens (including phenoxy) is 1. The number of hydrogen-bond donors (Lipinski definition) is 0. The number of carbonyl (C=O) groups excluding carboxylic acids is 1. The fourth-order valence-electron chi connectivity index (χ4n) is 4.62. The van der Waals surface area contributed by atoms with Gasteiger partial charge < -0.3 is 14.1 Å². The second kappa shape index (κ2) is 9.53. The Bertz CT molecular complexity index is 1300. The molecule has 1 aliphatic rings. The molecule has 0 saturated carbocycles. The van der Waals surface area contributed by atoms with Crippen molar-refractivity contribution in [3.05, 3.63) is 112 Å². The summed E-state index contributed by atoms with van der Waals surface area (Å²) >= 11 is 0. The van der Waals surface area contributed by atoms with Crippen molar-refractivity contribution >= 4 is 16.9 Å². The lowest BCUT2D eigenvalue weighted by Crippen LogP contribution is -2.50. The first kappa shape index (κ1) is 21.9. The van der Waals surface area contributed by atoms with Gasteiger partial charge in [-0.25, -0.2) is 4.79 Å². The highest BCUT2D eigenvalue weighted by molar-refractivity contribution is 5.96. The van der Waals surface area contributed by atoms with Crippen molar-refractivity contribution in [1.29, 1.82) is 0 Å². The minimum atomic E-state index is -0.614. The molecule has 1 aliphatic heterocycles. The maximum atomic E-state index is 13.3. The van der Waals surface area contributed by atoms with E-state index in [1.807, 2.05) is 12.1 Å². The molecule has 1 saturated heterocycles. The summed E-state index contributed by atoms with van der Waals surface area (Å²) in [4.78, 5) is 29.9. The van der Waals surface area contributed by atoms with Gasteiger partial charge in [-0.1, -0.05) is 60.7 Å². The van der Waals surface area contributed by atoms with Crippen LogP contribution in [0, 0.1) is 0 Å². The SMILES string of the molecule is COc1ccc2oc(=O)c(C(=O)N3CCN(C(c4ccccc4)c4ccccc4)CC3)cc2c1. The molecule has 1 aromatic heterocycles. The number of nitrogens with zero attached hydrogens (tertiary/aromatic N) is 2. The number of benzene rings is 3. The second-order valence-electron chi connectivity index (χ2n) is 8.40. The molecule has 172 valence electrons. The van der Waals surface area contributed by atoms with Crippen molar-refractivity contribution in [2.75, 3.05) is 33.3 Å². The minimum absolute atomic E-state index is 0.0527. The number of rotatable bonds is 5. The third-order valence-corrected chi connectivity index (χ3v) is 6.37. The molecule has 1 fully saturated rings. The fraction of sp³-hybridized carbons (Fsp3) is 0.214. The summed E-state index contributed by atoms with van der Waals surface area (Å²) in [6.07, 6.45) is 0. The van der Waals surface area contributed by atoms with Crippen LogP contribution in [0.5, 0.6) is 5.75 Å². The Labute approximate surface area is 198 Å². The maximum absolute atomic E-state index is 13.3. The van der Waals surface area contributed by atoms with E-state index < -0.39 is 5.63 Å². The van der Waals surface area contributed by atoms with E-state index in [4.69, 9.17) is 9.15 Å². The van der Waals surface area contributed by atoms with Gasteiger partial charge in [0.2, 0.25) is 0 Å². The molecule has 0 aliphatic carbocycles. The molecule has 2 heterocycles. The summed E-state index contributed by atoms with van der Waals surface area (Å²) in [5, 5.41) is 0.661. The average molecular weight is 455 g/mol. The van der Waals surface area contributed by atoms with Crippen LogP contribution in [0.25, 0.3) is 11.0 Å². The van der Waals surface area contributed by atoms with E-state index in [2.05, 4.69) is 53.4 Å². The minimum Gasteiger partial charge on any atom is -0.497 e. The van der Waals surface area contributed by atoms with Crippen LogP contribution in [-0.4, -0.2) is 49.0 Å². The normalized spacial score (nSPS) is 14.5. The van der Waals surface area contributed by atoms with Gasteiger partial charge in [-0.3, -0.25) is 9.69 Å². The molecule has 6 heteroatoms. The number of amides is 1. The molecule has 34 heavy (non-hydrogen) atoms. The number of piperazine rings is 1. The zero-order chi connectivity index (χ0) is 23.5. The first-order valence-electron chi connectivity index (χ1n) is 11.4. The smallest absolute Gasteiger partial charge is 0.349 e. The van der Waals surface area contributed by atoms with Crippen LogP contribution in [0.2, 0.25) is 0 Å². The molecule has 0 unspecified atom stereocenters. The molecule has 4 aromatic rings. The monoisotopic (exact) mass is 454 g/mol. The Kier molecular flexibility index (Phi) is 6.14. The third-order valence-electron chi connectivity index (χ3n) is 6.37. The van der Waals surface area contributed by atoms with Crippen molar-refractivity contribution in [3.63, 3.8) is 0 Å². The Balaban J connectivity index is 1.37. The van der Waals surface area contributed by atoms with Crippen molar-refractivity contribution in [1.82, 2.24) is 9.80 Å². The zero-order valence-corrected chi connectivity index (χ0v) is 19.0. The average Bonchev–Trinajstić information content (AvgIpc) is 2.89. The molecule has 0 N–H and O–H groups in total. The number of fused-ring (bicyclic) bond motifs is 1. The molecule has 0 bridgehead atoms. The van der Waals surface area contributed by atoms with Crippen LogP contribution < -0.4 is 10.4 Å². The zero-order valence-electron chi connectivity index (χ0n) is 19.0. The second-order valence-corrected chi connectivity index (χ2v) is 8.40. The Hall–Kier alpha value is -3.90. The maximum Gasteiger partial charge on any atom is 0.349 e. The number of hydrogen-bond acceptors (Lipinski definition) is 5. The quantitative estimate of drug-likeness (QED) is 0.420. The van der Waals surface area contributed by atoms with Crippen LogP contribution in [0.3, 0.4) is 0 Å². The van der Waals surface area contributed by atoms with Gasteiger partial charge in [0.25, 0.3) is 5.91 Å². The van der Waals surface area contributed by atoms with Crippen molar-refractivity contribution in [2.45, 2.75) is 6.04 Å². The van der Waals surface area contributed by atoms with Crippen molar-refractivity contribution in [3.8, 4) is 5.75 Å². The van der Waals surface area contributed by atoms with E-state index in [1.165, 1.54) is 11.1 Å². The van der Waals surface area contributed by atoms with E-state index in [9.17, 15) is 9.59 Å².